The number of nitrogens with one attached hydrogen (secondary N) is 1. The molecule has 3 aromatic rings. The summed E-state index contributed by atoms with van der Waals surface area (Å²) in [5.74, 6) is 0.866. The Morgan fingerprint density at radius 2 is 2.09 bits per heavy atom. The van der Waals surface area contributed by atoms with E-state index in [-0.39, 0.29) is 0 Å². The van der Waals surface area contributed by atoms with Crippen LogP contribution in [-0.4, -0.2) is 17.1 Å². The number of methoxy groups -OCH3 is 1. The fraction of sp³-hybridized carbons (Fsp3) is 0.150. The molecule has 4 rings (SSSR count). The molecule has 114 valence electrons. The number of ether oxygens (including phenoxy) is 1. The van der Waals surface area contributed by atoms with Crippen molar-refractivity contribution in [2.45, 2.75) is 12.8 Å². The second-order valence-electron chi connectivity index (χ2n) is 5.68. The number of benzene rings is 1. The van der Waals surface area contributed by atoms with Crippen LogP contribution in [0.4, 0.5) is 0 Å². The summed E-state index contributed by atoms with van der Waals surface area (Å²) in [6.07, 6.45) is 12.7. The lowest BCUT2D eigenvalue weighted by Gasteiger charge is -2.10. The van der Waals surface area contributed by atoms with Gasteiger partial charge in [0.25, 0.3) is 0 Å². The van der Waals surface area contributed by atoms with Gasteiger partial charge in [-0.3, -0.25) is 0 Å². The SMILES string of the molecule is COc1ccccc1-c1cnc2[nH]cc(C3=CC=CCC3)c2c1. The second kappa shape index (κ2) is 5.76. The van der Waals surface area contributed by atoms with Gasteiger partial charge in [0, 0.05) is 34.5 Å². The lowest BCUT2D eigenvalue weighted by atomic mass is 9.96. The molecule has 0 unspecified atom stereocenters. The molecule has 0 atom stereocenters. The highest BCUT2D eigenvalue weighted by atomic mass is 16.5. The third-order valence-electron chi connectivity index (χ3n) is 4.31. The van der Waals surface area contributed by atoms with E-state index in [1.807, 2.05) is 24.4 Å². The van der Waals surface area contributed by atoms with Crippen LogP contribution in [0.2, 0.25) is 0 Å². The molecule has 0 fully saturated rings. The van der Waals surface area contributed by atoms with Crippen molar-refractivity contribution in [1.29, 1.82) is 0 Å². The van der Waals surface area contributed by atoms with Gasteiger partial charge in [-0.1, -0.05) is 36.4 Å². The van der Waals surface area contributed by atoms with E-state index in [2.05, 4.69) is 46.5 Å². The fourth-order valence-electron chi connectivity index (χ4n) is 3.13. The molecule has 1 aliphatic carbocycles. The van der Waals surface area contributed by atoms with Crippen LogP contribution in [0.1, 0.15) is 18.4 Å². The Labute approximate surface area is 135 Å². The Balaban J connectivity index is 1.87. The van der Waals surface area contributed by atoms with Crippen molar-refractivity contribution < 1.29 is 4.74 Å². The Morgan fingerprint density at radius 1 is 1.17 bits per heavy atom. The number of fused-ring (bicyclic) bond motifs is 1. The molecule has 23 heavy (non-hydrogen) atoms. The molecule has 0 radical (unpaired) electrons. The molecule has 0 saturated carbocycles. The standard InChI is InChI=1S/C20H18N2O/c1-23-19-10-6-5-9-16(19)15-11-17-18(13-22-20(17)21-12-15)14-7-3-2-4-8-14/h2-3,5-7,9-13H,4,8H2,1H3,(H,21,22). The zero-order valence-corrected chi connectivity index (χ0v) is 13.0. The van der Waals surface area contributed by atoms with Gasteiger partial charge in [-0.25, -0.2) is 4.98 Å². The molecule has 2 aromatic heterocycles. The minimum Gasteiger partial charge on any atom is -0.496 e. The summed E-state index contributed by atoms with van der Waals surface area (Å²) in [5.41, 5.74) is 5.66. The molecule has 0 bridgehead atoms. The van der Waals surface area contributed by atoms with Gasteiger partial charge in [0.1, 0.15) is 11.4 Å². The number of aromatic nitrogens is 2. The quantitative estimate of drug-likeness (QED) is 0.741. The third kappa shape index (κ3) is 2.44. The molecule has 2 heterocycles. The van der Waals surface area contributed by atoms with Gasteiger partial charge in [-0.05, 0) is 30.5 Å². The van der Waals surface area contributed by atoms with Crippen LogP contribution in [0.5, 0.6) is 5.75 Å². The van der Waals surface area contributed by atoms with Crippen molar-refractivity contribution in [1.82, 2.24) is 9.97 Å². The van der Waals surface area contributed by atoms with Crippen molar-refractivity contribution >= 4 is 16.6 Å². The van der Waals surface area contributed by atoms with Crippen LogP contribution in [0.15, 0.2) is 61.0 Å². The van der Waals surface area contributed by atoms with Crippen LogP contribution in [0.25, 0.3) is 27.7 Å². The first-order valence-electron chi connectivity index (χ1n) is 7.83. The van der Waals surface area contributed by atoms with Crippen LogP contribution in [-0.2, 0) is 0 Å². The van der Waals surface area contributed by atoms with Crippen molar-refractivity contribution in [3.63, 3.8) is 0 Å². The van der Waals surface area contributed by atoms with E-state index < -0.39 is 0 Å². The van der Waals surface area contributed by atoms with Crippen molar-refractivity contribution in [2.24, 2.45) is 0 Å². The number of hydrogen-bond acceptors (Lipinski definition) is 2. The average molecular weight is 302 g/mol. The molecule has 0 saturated heterocycles. The largest absolute Gasteiger partial charge is 0.496 e. The predicted octanol–water partition coefficient (Wildman–Crippen LogP) is 4.97. The van der Waals surface area contributed by atoms with E-state index in [0.29, 0.717) is 0 Å². The monoisotopic (exact) mass is 302 g/mol. The zero-order valence-electron chi connectivity index (χ0n) is 13.0. The van der Waals surface area contributed by atoms with Crippen LogP contribution in [0.3, 0.4) is 0 Å². The van der Waals surface area contributed by atoms with E-state index in [1.54, 1.807) is 7.11 Å². The van der Waals surface area contributed by atoms with Gasteiger partial charge in [0.05, 0.1) is 7.11 Å². The van der Waals surface area contributed by atoms with Crippen molar-refractivity contribution in [3.05, 3.63) is 66.5 Å². The predicted molar refractivity (Wildman–Crippen MR) is 94.4 cm³/mol. The Kier molecular flexibility index (Phi) is 3.46. The summed E-state index contributed by atoms with van der Waals surface area (Å²) in [6.45, 7) is 0. The molecular formula is C20H18N2O. The Hall–Kier alpha value is -2.81. The van der Waals surface area contributed by atoms with E-state index in [1.165, 1.54) is 11.1 Å². The molecule has 0 aliphatic heterocycles. The van der Waals surface area contributed by atoms with Crippen LogP contribution in [0, 0.1) is 0 Å². The third-order valence-corrected chi connectivity index (χ3v) is 4.31. The normalized spacial score (nSPS) is 14.0. The minimum absolute atomic E-state index is 0.866. The number of nitrogens with zero attached hydrogens (tertiary/aromatic N) is 1. The maximum Gasteiger partial charge on any atom is 0.137 e. The first-order chi connectivity index (χ1) is 11.4. The second-order valence-corrected chi connectivity index (χ2v) is 5.68. The minimum atomic E-state index is 0.866. The molecule has 0 spiro atoms. The first-order valence-corrected chi connectivity index (χ1v) is 7.83. The number of allylic oxidation sites excluding steroid dienone is 4. The molecule has 1 aromatic carbocycles. The number of para-hydroxylation sites is 1. The molecule has 0 amide bonds. The lowest BCUT2D eigenvalue weighted by Crippen LogP contribution is -1.90. The van der Waals surface area contributed by atoms with Gasteiger partial charge in [0.15, 0.2) is 0 Å². The van der Waals surface area contributed by atoms with E-state index in [0.717, 1.165) is 40.8 Å². The number of rotatable bonds is 3. The molecule has 1 N–H and O–H groups in total. The van der Waals surface area contributed by atoms with Crippen LogP contribution >= 0.6 is 0 Å². The Bertz CT molecular complexity index is 918. The van der Waals surface area contributed by atoms with Crippen molar-refractivity contribution in [3.8, 4) is 16.9 Å². The summed E-state index contributed by atoms with van der Waals surface area (Å²) >= 11 is 0. The highest BCUT2D eigenvalue weighted by molar-refractivity contribution is 5.93. The van der Waals surface area contributed by atoms with Gasteiger partial charge in [-0.2, -0.15) is 0 Å². The molecule has 3 nitrogen and oxygen atoms in total. The smallest absolute Gasteiger partial charge is 0.137 e. The number of pyridine rings is 1. The summed E-state index contributed by atoms with van der Waals surface area (Å²) in [7, 11) is 1.70. The van der Waals surface area contributed by atoms with Crippen molar-refractivity contribution in [2.75, 3.05) is 7.11 Å². The highest BCUT2D eigenvalue weighted by Gasteiger charge is 2.13. The number of H-pyrrole nitrogens is 1. The summed E-state index contributed by atoms with van der Waals surface area (Å²) in [4.78, 5) is 7.88. The van der Waals surface area contributed by atoms with E-state index >= 15 is 0 Å². The Morgan fingerprint density at radius 3 is 2.91 bits per heavy atom. The topological polar surface area (TPSA) is 37.9 Å². The highest BCUT2D eigenvalue weighted by Crippen LogP contribution is 2.34. The zero-order chi connectivity index (χ0) is 15.6. The average Bonchev–Trinajstić information content (AvgIpc) is 3.05. The van der Waals surface area contributed by atoms with E-state index in [9.17, 15) is 0 Å². The molecular weight excluding hydrogens is 284 g/mol. The van der Waals surface area contributed by atoms with Gasteiger partial charge < -0.3 is 9.72 Å². The maximum atomic E-state index is 5.48. The molecule has 3 heteroatoms. The van der Waals surface area contributed by atoms with Gasteiger partial charge in [-0.15, -0.1) is 0 Å². The molecule has 1 aliphatic rings. The van der Waals surface area contributed by atoms with Gasteiger partial charge >= 0.3 is 0 Å². The van der Waals surface area contributed by atoms with Crippen LogP contribution < -0.4 is 4.74 Å². The number of hydrogen-bond donors (Lipinski definition) is 1. The van der Waals surface area contributed by atoms with Gasteiger partial charge in [0.2, 0.25) is 0 Å². The summed E-state index contributed by atoms with van der Waals surface area (Å²) in [6, 6.07) is 10.2. The van der Waals surface area contributed by atoms with E-state index in [4.69, 9.17) is 4.74 Å². The first kappa shape index (κ1) is 13.8. The summed E-state index contributed by atoms with van der Waals surface area (Å²) in [5, 5.41) is 1.16. The fourth-order valence-corrected chi connectivity index (χ4v) is 3.13. The maximum absolute atomic E-state index is 5.48. The summed E-state index contributed by atoms with van der Waals surface area (Å²) < 4.78 is 5.48. The number of aromatic amines is 1. The lowest BCUT2D eigenvalue weighted by molar-refractivity contribution is 0.416.